The number of hydrogen-bond donors (Lipinski definition) is 0. The third-order valence-electron chi connectivity index (χ3n) is 8.47. The summed E-state index contributed by atoms with van der Waals surface area (Å²) in [7, 11) is 3.84. The molecular weight excluding hydrogens is 602 g/mol. The number of carbonyl (C=O) groups is 1. The van der Waals surface area contributed by atoms with Crippen LogP contribution >= 0.6 is 0 Å². The van der Waals surface area contributed by atoms with E-state index in [1.165, 1.54) is 0 Å². The Labute approximate surface area is 281 Å². The molecule has 2 aromatic heterocycles. The van der Waals surface area contributed by atoms with E-state index in [0.717, 1.165) is 61.3 Å². The first-order valence-corrected chi connectivity index (χ1v) is 16.3. The van der Waals surface area contributed by atoms with Crippen LogP contribution in [0.1, 0.15) is 40.8 Å². The lowest BCUT2D eigenvalue weighted by molar-refractivity contribution is 0.0514. The molecule has 0 bridgehead atoms. The van der Waals surface area contributed by atoms with E-state index in [1.807, 2.05) is 90.9 Å². The summed E-state index contributed by atoms with van der Waals surface area (Å²) in [6, 6.07) is 30.2. The van der Waals surface area contributed by atoms with E-state index in [2.05, 4.69) is 36.9 Å². The van der Waals surface area contributed by atoms with E-state index < -0.39 is 0 Å². The van der Waals surface area contributed by atoms with Crippen molar-refractivity contribution in [1.29, 1.82) is 0 Å². The molecule has 6 rings (SSSR count). The Morgan fingerprint density at radius 2 is 1.62 bits per heavy atom. The Kier molecular flexibility index (Phi) is 10.2. The van der Waals surface area contributed by atoms with Gasteiger partial charge in [-0.05, 0) is 48.9 Å². The van der Waals surface area contributed by atoms with Crippen molar-refractivity contribution in [3.63, 3.8) is 0 Å². The van der Waals surface area contributed by atoms with Crippen molar-refractivity contribution in [3.8, 4) is 22.6 Å². The van der Waals surface area contributed by atoms with Crippen molar-refractivity contribution in [1.82, 2.24) is 14.3 Å². The van der Waals surface area contributed by atoms with Gasteiger partial charge in [0.25, 0.3) is 0 Å². The fourth-order valence-corrected chi connectivity index (χ4v) is 6.36. The third kappa shape index (κ3) is 6.71. The second-order valence-corrected chi connectivity index (χ2v) is 11.5. The molecule has 48 heavy (non-hydrogen) atoms. The summed E-state index contributed by atoms with van der Waals surface area (Å²) >= 11 is 0. The number of rotatable bonds is 15. The zero-order chi connectivity index (χ0) is 33.5. The molecule has 8 nitrogen and oxygen atoms in total. The summed E-state index contributed by atoms with van der Waals surface area (Å²) in [5, 5.41) is 8.10. The summed E-state index contributed by atoms with van der Waals surface area (Å²) in [6.07, 6.45) is 3.07. The smallest absolute Gasteiger partial charge is 0.355 e. The molecule has 0 aliphatic heterocycles. The Balaban J connectivity index is 1.38. The van der Waals surface area contributed by atoms with Crippen molar-refractivity contribution in [3.05, 3.63) is 126 Å². The van der Waals surface area contributed by atoms with Crippen LogP contribution < -0.4 is 9.47 Å². The monoisotopic (exact) mass is 643 g/mol. The van der Waals surface area contributed by atoms with Gasteiger partial charge in [0.05, 0.1) is 37.6 Å². The number of carbonyl (C=O) groups excluding carboxylic acids is 1. The van der Waals surface area contributed by atoms with E-state index >= 15 is 0 Å². The highest BCUT2D eigenvalue weighted by atomic mass is 16.5. The number of benzene rings is 4. The lowest BCUT2D eigenvalue weighted by Crippen LogP contribution is -2.13. The van der Waals surface area contributed by atoms with Gasteiger partial charge in [0, 0.05) is 36.0 Å². The predicted molar refractivity (Wildman–Crippen MR) is 189 cm³/mol. The fraction of sp³-hybridized carbons (Fsp3) is 0.250. The second-order valence-electron chi connectivity index (χ2n) is 11.5. The van der Waals surface area contributed by atoms with Crippen LogP contribution in [-0.2, 0) is 43.2 Å². The van der Waals surface area contributed by atoms with Crippen LogP contribution in [0, 0.1) is 0 Å². The summed E-state index contributed by atoms with van der Waals surface area (Å²) in [5.74, 6) is 1.26. The average molecular weight is 644 g/mol. The topological polar surface area (TPSA) is 76.7 Å². The Morgan fingerprint density at radius 3 is 2.44 bits per heavy atom. The minimum Gasteiger partial charge on any atom is -0.493 e. The van der Waals surface area contributed by atoms with Gasteiger partial charge in [-0.15, -0.1) is 6.58 Å². The van der Waals surface area contributed by atoms with Crippen molar-refractivity contribution >= 4 is 27.6 Å². The number of para-hydroxylation sites is 2. The molecule has 0 N–H and O–H groups in total. The maximum atomic E-state index is 13.5. The molecule has 246 valence electrons. The highest BCUT2D eigenvalue weighted by Crippen LogP contribution is 2.38. The minimum atomic E-state index is -0.347. The Bertz CT molecular complexity index is 2040. The number of aromatic nitrogens is 3. The molecule has 0 atom stereocenters. The molecule has 0 saturated carbocycles. The molecule has 0 radical (unpaired) electrons. The van der Waals surface area contributed by atoms with Crippen LogP contribution in [0.15, 0.2) is 104 Å². The zero-order valence-corrected chi connectivity index (χ0v) is 27.8. The van der Waals surface area contributed by atoms with Gasteiger partial charge in [0.15, 0.2) is 0 Å². The Morgan fingerprint density at radius 1 is 0.875 bits per heavy atom. The SMILES string of the molecule is C=CCOCc1c(-c2cccc3c(CCCOc4cccc5ccccc45)c(C(=O)OCC)n(C)c23)c(COc2ccccc2)nn1C. The highest BCUT2D eigenvalue weighted by molar-refractivity contribution is 6.04. The van der Waals surface area contributed by atoms with E-state index in [1.54, 1.807) is 6.08 Å². The van der Waals surface area contributed by atoms with Gasteiger partial charge in [0.2, 0.25) is 0 Å². The molecule has 0 aliphatic rings. The van der Waals surface area contributed by atoms with Crippen LogP contribution in [0.2, 0.25) is 0 Å². The van der Waals surface area contributed by atoms with Crippen molar-refractivity contribution in [2.24, 2.45) is 14.1 Å². The van der Waals surface area contributed by atoms with Gasteiger partial charge in [0.1, 0.15) is 29.5 Å². The zero-order valence-electron chi connectivity index (χ0n) is 27.8. The molecule has 0 amide bonds. The minimum absolute atomic E-state index is 0.262. The average Bonchev–Trinajstić information content (AvgIpc) is 3.58. The van der Waals surface area contributed by atoms with E-state index in [9.17, 15) is 4.79 Å². The van der Waals surface area contributed by atoms with Gasteiger partial charge in [-0.1, -0.05) is 78.9 Å². The van der Waals surface area contributed by atoms with Crippen molar-refractivity contribution < 1.29 is 23.7 Å². The number of aryl methyl sites for hydroxylation is 3. The summed E-state index contributed by atoms with van der Waals surface area (Å²) in [6.45, 7) is 7.41. The first-order valence-electron chi connectivity index (χ1n) is 16.3. The lowest BCUT2D eigenvalue weighted by Gasteiger charge is -2.12. The summed E-state index contributed by atoms with van der Waals surface area (Å²) < 4.78 is 27.8. The number of nitrogens with zero attached hydrogens (tertiary/aromatic N) is 3. The molecular formula is C40H41N3O5. The highest BCUT2D eigenvalue weighted by Gasteiger charge is 2.27. The lowest BCUT2D eigenvalue weighted by atomic mass is 9.98. The molecule has 4 aromatic carbocycles. The van der Waals surface area contributed by atoms with E-state index in [4.69, 9.17) is 24.0 Å². The quantitative estimate of drug-likeness (QED) is 0.0638. The maximum absolute atomic E-state index is 13.5. The van der Waals surface area contributed by atoms with Crippen LogP contribution in [0.25, 0.3) is 32.8 Å². The summed E-state index contributed by atoms with van der Waals surface area (Å²) in [5.41, 5.74) is 5.93. The van der Waals surface area contributed by atoms with Crippen LogP contribution in [0.4, 0.5) is 0 Å². The molecule has 6 aromatic rings. The van der Waals surface area contributed by atoms with Crippen molar-refractivity contribution in [2.75, 3.05) is 19.8 Å². The maximum Gasteiger partial charge on any atom is 0.355 e. The molecule has 0 unspecified atom stereocenters. The molecule has 2 heterocycles. The fourth-order valence-electron chi connectivity index (χ4n) is 6.36. The van der Waals surface area contributed by atoms with Crippen LogP contribution in [0.3, 0.4) is 0 Å². The largest absolute Gasteiger partial charge is 0.493 e. The van der Waals surface area contributed by atoms with Crippen LogP contribution in [0.5, 0.6) is 11.5 Å². The van der Waals surface area contributed by atoms with E-state index in [0.29, 0.717) is 38.4 Å². The normalized spacial score (nSPS) is 11.2. The van der Waals surface area contributed by atoms with Gasteiger partial charge in [-0.3, -0.25) is 4.68 Å². The van der Waals surface area contributed by atoms with Gasteiger partial charge < -0.3 is 23.5 Å². The van der Waals surface area contributed by atoms with Crippen LogP contribution in [-0.4, -0.2) is 40.1 Å². The van der Waals surface area contributed by atoms with Crippen molar-refractivity contribution in [2.45, 2.75) is 33.0 Å². The molecule has 0 spiro atoms. The number of esters is 1. The number of ether oxygens (including phenoxy) is 4. The first kappa shape index (κ1) is 32.6. The molecule has 0 aliphatic carbocycles. The molecule has 0 saturated heterocycles. The molecule has 0 fully saturated rings. The number of fused-ring (bicyclic) bond motifs is 2. The summed E-state index contributed by atoms with van der Waals surface area (Å²) in [4.78, 5) is 13.5. The molecule has 8 heteroatoms. The van der Waals surface area contributed by atoms with Gasteiger partial charge in [-0.2, -0.15) is 5.10 Å². The second kappa shape index (κ2) is 15.0. The predicted octanol–water partition coefficient (Wildman–Crippen LogP) is 8.20. The van der Waals surface area contributed by atoms with Gasteiger partial charge in [-0.25, -0.2) is 4.79 Å². The third-order valence-corrected chi connectivity index (χ3v) is 8.47. The van der Waals surface area contributed by atoms with Gasteiger partial charge >= 0.3 is 5.97 Å². The Hall–Kier alpha value is -5.34. The standard InChI is InChI=1S/C40H41N3O5/c1-5-24-45-27-35-37(34(41-43(35)4)26-48-29-17-8-7-9-18-29)33-21-13-20-31-32(39(40(44)46-6-2)42(3)38(31)33)22-14-25-47-36-23-12-16-28-15-10-11-19-30(28)36/h5,7-13,15-21,23H,1,6,14,22,24-27H2,2-4H3. The van der Waals surface area contributed by atoms with E-state index in [-0.39, 0.29) is 19.2 Å². The first-order chi connectivity index (χ1) is 23.5. The number of hydrogen-bond acceptors (Lipinski definition) is 6.